The summed E-state index contributed by atoms with van der Waals surface area (Å²) >= 11 is 0. The lowest BCUT2D eigenvalue weighted by Crippen LogP contribution is -2.13. The molecule has 0 aliphatic rings. The molecular weight excluding hydrogens is 210 g/mol. The Hall–Kier alpha value is -0.730. The van der Waals surface area contributed by atoms with Gasteiger partial charge in [-0.3, -0.25) is 0 Å². The molecule has 1 rings (SSSR count). The van der Waals surface area contributed by atoms with E-state index in [0.29, 0.717) is 13.2 Å². The Bertz CT molecular complexity index is 294. The molecule has 0 aliphatic carbocycles. The van der Waals surface area contributed by atoms with E-state index in [1.54, 1.807) is 0 Å². The first-order valence-corrected chi connectivity index (χ1v) is 4.97. The highest BCUT2D eigenvalue weighted by molar-refractivity contribution is 5.85. The number of hydrogen-bond donors (Lipinski definition) is 1. The third-order valence-electron chi connectivity index (χ3n) is 2.09. The lowest BCUT2D eigenvalue weighted by Gasteiger charge is -2.19. The van der Waals surface area contributed by atoms with Crippen molar-refractivity contribution in [2.24, 2.45) is 5.73 Å². The van der Waals surface area contributed by atoms with Crippen LogP contribution in [-0.2, 0) is 5.41 Å². The Labute approximate surface area is 98.2 Å². The minimum absolute atomic E-state index is 0. The van der Waals surface area contributed by atoms with Crippen LogP contribution in [0.1, 0.15) is 26.3 Å². The zero-order valence-electron chi connectivity index (χ0n) is 9.62. The fourth-order valence-electron chi connectivity index (χ4n) is 1.23. The lowest BCUT2D eigenvalue weighted by atomic mass is 9.87. The van der Waals surface area contributed by atoms with Crippen LogP contribution in [-0.4, -0.2) is 13.2 Å². The molecule has 0 bridgehead atoms. The number of hydrogen-bond acceptors (Lipinski definition) is 2. The van der Waals surface area contributed by atoms with Gasteiger partial charge in [-0.1, -0.05) is 32.9 Å². The monoisotopic (exact) mass is 229 g/mol. The average Bonchev–Trinajstić information content (AvgIpc) is 2.14. The van der Waals surface area contributed by atoms with Gasteiger partial charge in [0, 0.05) is 6.54 Å². The van der Waals surface area contributed by atoms with Gasteiger partial charge in [-0.15, -0.1) is 12.4 Å². The summed E-state index contributed by atoms with van der Waals surface area (Å²) in [5.41, 5.74) is 6.83. The van der Waals surface area contributed by atoms with Crippen molar-refractivity contribution in [3.8, 4) is 5.75 Å². The second kappa shape index (κ2) is 5.99. The van der Waals surface area contributed by atoms with Gasteiger partial charge in [0.25, 0.3) is 0 Å². The molecule has 1 aromatic rings. The van der Waals surface area contributed by atoms with Crippen molar-refractivity contribution in [3.63, 3.8) is 0 Å². The van der Waals surface area contributed by atoms with Crippen molar-refractivity contribution < 1.29 is 4.74 Å². The van der Waals surface area contributed by atoms with E-state index in [4.69, 9.17) is 10.5 Å². The highest BCUT2D eigenvalue weighted by atomic mass is 35.5. The van der Waals surface area contributed by atoms with E-state index in [9.17, 15) is 0 Å². The maximum absolute atomic E-state index is 5.47. The average molecular weight is 230 g/mol. The number of halogens is 1. The van der Waals surface area contributed by atoms with Crippen molar-refractivity contribution in [1.29, 1.82) is 0 Å². The van der Waals surface area contributed by atoms with Gasteiger partial charge in [-0.05, 0) is 23.1 Å². The summed E-state index contributed by atoms with van der Waals surface area (Å²) in [6, 6.07) is 8.18. The topological polar surface area (TPSA) is 35.2 Å². The SMILES string of the molecule is CC(C)(C)c1cccc(OCCN)c1.Cl. The van der Waals surface area contributed by atoms with E-state index in [-0.39, 0.29) is 17.8 Å². The predicted octanol–water partition coefficient (Wildman–Crippen LogP) is 2.74. The Morgan fingerprint density at radius 2 is 1.93 bits per heavy atom. The van der Waals surface area contributed by atoms with Crippen LogP contribution in [0.3, 0.4) is 0 Å². The molecule has 86 valence electrons. The summed E-state index contributed by atoms with van der Waals surface area (Å²) in [7, 11) is 0. The van der Waals surface area contributed by atoms with Crippen LogP contribution in [0.25, 0.3) is 0 Å². The van der Waals surface area contributed by atoms with Crippen molar-refractivity contribution in [2.75, 3.05) is 13.2 Å². The Morgan fingerprint density at radius 3 is 2.47 bits per heavy atom. The summed E-state index contributed by atoms with van der Waals surface area (Å²) in [5.74, 6) is 0.905. The standard InChI is InChI=1S/C12H19NO.ClH/c1-12(2,3)10-5-4-6-11(9-10)14-8-7-13;/h4-6,9H,7-8,13H2,1-3H3;1H. The van der Waals surface area contributed by atoms with Crippen LogP contribution in [0.15, 0.2) is 24.3 Å². The summed E-state index contributed by atoms with van der Waals surface area (Å²) in [6.45, 7) is 7.70. The zero-order chi connectivity index (χ0) is 10.6. The molecule has 0 radical (unpaired) electrons. The van der Waals surface area contributed by atoms with Crippen molar-refractivity contribution in [1.82, 2.24) is 0 Å². The molecule has 0 saturated carbocycles. The van der Waals surface area contributed by atoms with Gasteiger partial charge in [0.05, 0.1) is 0 Å². The molecule has 15 heavy (non-hydrogen) atoms. The third-order valence-corrected chi connectivity index (χ3v) is 2.09. The molecule has 0 spiro atoms. The zero-order valence-corrected chi connectivity index (χ0v) is 10.4. The Morgan fingerprint density at radius 1 is 1.27 bits per heavy atom. The van der Waals surface area contributed by atoms with E-state index in [2.05, 4.69) is 32.9 Å². The third kappa shape index (κ3) is 4.54. The summed E-state index contributed by atoms with van der Waals surface area (Å²) < 4.78 is 5.47. The number of nitrogens with two attached hydrogens (primary N) is 1. The molecule has 0 unspecified atom stereocenters. The van der Waals surface area contributed by atoms with Crippen molar-refractivity contribution >= 4 is 12.4 Å². The van der Waals surface area contributed by atoms with Crippen LogP contribution in [0.2, 0.25) is 0 Å². The maximum atomic E-state index is 5.47. The highest BCUT2D eigenvalue weighted by Gasteiger charge is 2.13. The largest absolute Gasteiger partial charge is 0.492 e. The van der Waals surface area contributed by atoms with Crippen LogP contribution in [0, 0.1) is 0 Å². The summed E-state index contributed by atoms with van der Waals surface area (Å²) in [6.07, 6.45) is 0. The molecule has 3 heteroatoms. The van der Waals surface area contributed by atoms with Gasteiger partial charge in [0.15, 0.2) is 0 Å². The highest BCUT2D eigenvalue weighted by Crippen LogP contribution is 2.25. The number of benzene rings is 1. The molecule has 0 amide bonds. The van der Waals surface area contributed by atoms with Crippen molar-refractivity contribution in [2.45, 2.75) is 26.2 Å². The van der Waals surface area contributed by atoms with Crippen LogP contribution in [0.4, 0.5) is 0 Å². The first-order valence-electron chi connectivity index (χ1n) is 4.97. The van der Waals surface area contributed by atoms with E-state index < -0.39 is 0 Å². The normalized spacial score (nSPS) is 10.7. The van der Waals surface area contributed by atoms with Gasteiger partial charge < -0.3 is 10.5 Å². The summed E-state index contributed by atoms with van der Waals surface area (Å²) in [4.78, 5) is 0. The van der Waals surface area contributed by atoms with Crippen LogP contribution >= 0.6 is 12.4 Å². The van der Waals surface area contributed by atoms with Crippen LogP contribution in [0.5, 0.6) is 5.75 Å². The fraction of sp³-hybridized carbons (Fsp3) is 0.500. The van der Waals surface area contributed by atoms with E-state index in [1.807, 2.05) is 12.1 Å². The summed E-state index contributed by atoms with van der Waals surface area (Å²) in [5, 5.41) is 0. The molecule has 0 aliphatic heterocycles. The smallest absolute Gasteiger partial charge is 0.119 e. The Balaban J connectivity index is 0.00000196. The quantitative estimate of drug-likeness (QED) is 0.865. The Kier molecular flexibility index (Phi) is 5.69. The molecule has 1 aromatic carbocycles. The molecule has 0 heterocycles. The minimum atomic E-state index is 0. The van der Waals surface area contributed by atoms with Gasteiger partial charge in [-0.2, -0.15) is 0 Å². The molecule has 0 saturated heterocycles. The second-order valence-corrected chi connectivity index (χ2v) is 4.41. The molecule has 0 atom stereocenters. The maximum Gasteiger partial charge on any atom is 0.119 e. The van der Waals surface area contributed by atoms with Gasteiger partial charge in [0.2, 0.25) is 0 Å². The molecule has 0 aromatic heterocycles. The van der Waals surface area contributed by atoms with E-state index >= 15 is 0 Å². The molecule has 2 nitrogen and oxygen atoms in total. The molecule has 2 N–H and O–H groups in total. The van der Waals surface area contributed by atoms with Gasteiger partial charge in [-0.25, -0.2) is 0 Å². The second-order valence-electron chi connectivity index (χ2n) is 4.41. The molecular formula is C12H20ClNO. The number of ether oxygens (including phenoxy) is 1. The minimum Gasteiger partial charge on any atom is -0.492 e. The van der Waals surface area contributed by atoms with Crippen LogP contribution < -0.4 is 10.5 Å². The first-order chi connectivity index (χ1) is 6.54. The fourth-order valence-corrected chi connectivity index (χ4v) is 1.23. The van der Waals surface area contributed by atoms with E-state index in [1.165, 1.54) is 5.56 Å². The molecule has 0 fully saturated rings. The first kappa shape index (κ1) is 14.3. The van der Waals surface area contributed by atoms with Gasteiger partial charge in [0.1, 0.15) is 12.4 Å². The lowest BCUT2D eigenvalue weighted by molar-refractivity contribution is 0.327. The number of rotatable bonds is 3. The van der Waals surface area contributed by atoms with E-state index in [0.717, 1.165) is 5.75 Å². The predicted molar refractivity (Wildman–Crippen MR) is 66.9 cm³/mol. The van der Waals surface area contributed by atoms with Gasteiger partial charge >= 0.3 is 0 Å². The van der Waals surface area contributed by atoms with Crippen molar-refractivity contribution in [3.05, 3.63) is 29.8 Å².